The minimum Gasteiger partial charge on any atom is -0.352 e. The smallest absolute Gasteiger partial charge is 0.274 e. The second kappa shape index (κ2) is 6.23. The van der Waals surface area contributed by atoms with Gasteiger partial charge in [-0.3, -0.25) is 9.20 Å². The van der Waals surface area contributed by atoms with Crippen LogP contribution in [0.25, 0.3) is 15.9 Å². The highest BCUT2D eigenvalue weighted by Crippen LogP contribution is 2.30. The van der Waals surface area contributed by atoms with E-state index in [-0.39, 0.29) is 5.91 Å². The molecule has 1 saturated heterocycles. The Kier molecular flexibility index (Phi) is 3.71. The number of piperazine rings is 1. The van der Waals surface area contributed by atoms with E-state index in [0.717, 1.165) is 29.1 Å². The summed E-state index contributed by atoms with van der Waals surface area (Å²) in [6.45, 7) is 4.76. The van der Waals surface area contributed by atoms with Gasteiger partial charge in [0.15, 0.2) is 5.65 Å². The van der Waals surface area contributed by atoms with Crippen LogP contribution >= 0.6 is 11.3 Å². The summed E-state index contributed by atoms with van der Waals surface area (Å²) in [6, 6.07) is 2.13. The summed E-state index contributed by atoms with van der Waals surface area (Å²) in [5.74, 6) is 0.866. The Balaban J connectivity index is 1.34. The second-order valence-corrected chi connectivity index (χ2v) is 7.66. The standard InChI is InChI=1S/C17H16N8OS/c1-11-6-12-15(19-9-20-16(12)27-11)23-2-4-24(5-3-23)17(26)13-8-25-10-21-22-14(25)7-18-13/h6-10H,2-5H2,1H3. The monoisotopic (exact) mass is 380 g/mol. The molecule has 1 fully saturated rings. The fourth-order valence-electron chi connectivity index (χ4n) is 3.35. The van der Waals surface area contributed by atoms with Crippen LogP contribution in [0.4, 0.5) is 5.82 Å². The van der Waals surface area contributed by atoms with Gasteiger partial charge in [0.2, 0.25) is 0 Å². The average Bonchev–Trinajstić information content (AvgIpc) is 3.31. The molecule has 0 spiro atoms. The van der Waals surface area contributed by atoms with Gasteiger partial charge in [0.25, 0.3) is 5.91 Å². The van der Waals surface area contributed by atoms with Crippen molar-refractivity contribution in [1.82, 2.24) is 34.4 Å². The molecule has 9 nitrogen and oxygen atoms in total. The zero-order valence-corrected chi connectivity index (χ0v) is 15.4. The molecule has 0 bridgehead atoms. The molecule has 0 N–H and O–H groups in total. The maximum atomic E-state index is 12.8. The van der Waals surface area contributed by atoms with E-state index in [1.54, 1.807) is 40.8 Å². The third kappa shape index (κ3) is 2.78. The van der Waals surface area contributed by atoms with Crippen molar-refractivity contribution in [1.29, 1.82) is 0 Å². The van der Waals surface area contributed by atoms with E-state index in [4.69, 9.17) is 0 Å². The van der Waals surface area contributed by atoms with Gasteiger partial charge in [-0.15, -0.1) is 21.5 Å². The van der Waals surface area contributed by atoms with Crippen molar-refractivity contribution in [3.8, 4) is 0 Å². The number of rotatable bonds is 2. The van der Waals surface area contributed by atoms with Crippen molar-refractivity contribution >= 4 is 38.9 Å². The van der Waals surface area contributed by atoms with Gasteiger partial charge >= 0.3 is 0 Å². The Morgan fingerprint density at radius 3 is 2.85 bits per heavy atom. The summed E-state index contributed by atoms with van der Waals surface area (Å²) in [6.07, 6.45) is 6.41. The normalized spacial score (nSPS) is 15.0. The highest BCUT2D eigenvalue weighted by Gasteiger charge is 2.25. The first-order chi connectivity index (χ1) is 13.2. The van der Waals surface area contributed by atoms with Gasteiger partial charge in [0.05, 0.1) is 11.6 Å². The van der Waals surface area contributed by atoms with Crippen molar-refractivity contribution in [3.63, 3.8) is 0 Å². The van der Waals surface area contributed by atoms with Crippen LogP contribution < -0.4 is 4.90 Å². The van der Waals surface area contributed by atoms with Crippen LogP contribution in [-0.4, -0.2) is 66.5 Å². The molecule has 0 atom stereocenters. The number of amides is 1. The van der Waals surface area contributed by atoms with E-state index in [1.807, 2.05) is 4.90 Å². The number of anilines is 1. The Morgan fingerprint density at radius 1 is 1.15 bits per heavy atom. The van der Waals surface area contributed by atoms with Crippen LogP contribution in [-0.2, 0) is 0 Å². The molecule has 4 aromatic heterocycles. The van der Waals surface area contributed by atoms with Gasteiger partial charge in [-0.25, -0.2) is 15.0 Å². The molecule has 5 rings (SSSR count). The molecule has 136 valence electrons. The first-order valence-electron chi connectivity index (χ1n) is 8.60. The number of fused-ring (bicyclic) bond motifs is 2. The summed E-state index contributed by atoms with van der Waals surface area (Å²) in [7, 11) is 0. The van der Waals surface area contributed by atoms with Crippen LogP contribution in [0.3, 0.4) is 0 Å². The minimum absolute atomic E-state index is 0.0792. The molecule has 1 aliphatic heterocycles. The molecule has 0 radical (unpaired) electrons. The topological polar surface area (TPSA) is 92.4 Å². The van der Waals surface area contributed by atoms with Crippen molar-refractivity contribution in [2.75, 3.05) is 31.1 Å². The van der Waals surface area contributed by atoms with Gasteiger partial charge in [0.1, 0.15) is 29.0 Å². The van der Waals surface area contributed by atoms with Crippen LogP contribution in [0.1, 0.15) is 15.4 Å². The van der Waals surface area contributed by atoms with Crippen LogP contribution in [0, 0.1) is 6.92 Å². The zero-order valence-electron chi connectivity index (χ0n) is 14.6. The summed E-state index contributed by atoms with van der Waals surface area (Å²) >= 11 is 1.67. The Bertz CT molecular complexity index is 1140. The first kappa shape index (κ1) is 16.1. The maximum Gasteiger partial charge on any atom is 0.274 e. The fraction of sp³-hybridized carbons (Fsp3) is 0.294. The van der Waals surface area contributed by atoms with Crippen molar-refractivity contribution < 1.29 is 4.79 Å². The van der Waals surface area contributed by atoms with E-state index in [1.165, 1.54) is 4.88 Å². The number of nitrogens with zero attached hydrogens (tertiary/aromatic N) is 8. The van der Waals surface area contributed by atoms with E-state index in [2.05, 4.69) is 43.0 Å². The fourth-order valence-corrected chi connectivity index (χ4v) is 4.19. The lowest BCUT2D eigenvalue weighted by atomic mass is 10.2. The number of aromatic nitrogens is 6. The lowest BCUT2D eigenvalue weighted by molar-refractivity contribution is 0.0740. The van der Waals surface area contributed by atoms with Gasteiger partial charge in [0, 0.05) is 37.3 Å². The Morgan fingerprint density at radius 2 is 2.00 bits per heavy atom. The Labute approximate surface area is 158 Å². The average molecular weight is 380 g/mol. The molecule has 0 aromatic carbocycles. The van der Waals surface area contributed by atoms with Crippen LogP contribution in [0.15, 0.2) is 31.1 Å². The number of hydrogen-bond acceptors (Lipinski definition) is 8. The Hall–Kier alpha value is -3.14. The maximum absolute atomic E-state index is 12.8. The minimum atomic E-state index is -0.0792. The molecule has 0 saturated carbocycles. The molecule has 1 amide bonds. The van der Waals surface area contributed by atoms with Gasteiger partial charge in [-0.1, -0.05) is 0 Å². The van der Waals surface area contributed by atoms with Gasteiger partial charge in [-0.05, 0) is 13.0 Å². The van der Waals surface area contributed by atoms with E-state index in [9.17, 15) is 4.79 Å². The molecule has 5 heterocycles. The summed E-state index contributed by atoms with van der Waals surface area (Å²) < 4.78 is 1.70. The highest BCUT2D eigenvalue weighted by molar-refractivity contribution is 7.18. The summed E-state index contributed by atoms with van der Waals surface area (Å²) in [5, 5.41) is 8.81. The predicted octanol–water partition coefficient (Wildman–Crippen LogP) is 1.40. The van der Waals surface area contributed by atoms with Crippen LogP contribution in [0.5, 0.6) is 0 Å². The highest BCUT2D eigenvalue weighted by atomic mass is 32.1. The molecule has 27 heavy (non-hydrogen) atoms. The zero-order chi connectivity index (χ0) is 18.4. The molecule has 1 aliphatic rings. The lowest BCUT2D eigenvalue weighted by Gasteiger charge is -2.35. The van der Waals surface area contributed by atoms with Crippen molar-refractivity contribution in [3.05, 3.63) is 41.7 Å². The number of thiophene rings is 1. The predicted molar refractivity (Wildman–Crippen MR) is 101 cm³/mol. The molecule has 10 heteroatoms. The number of carbonyl (C=O) groups excluding carboxylic acids is 1. The molecule has 0 unspecified atom stereocenters. The largest absolute Gasteiger partial charge is 0.352 e. The third-order valence-electron chi connectivity index (χ3n) is 4.70. The van der Waals surface area contributed by atoms with Gasteiger partial charge < -0.3 is 9.80 Å². The summed E-state index contributed by atoms with van der Waals surface area (Å²) in [5.41, 5.74) is 1.02. The molecular weight excluding hydrogens is 364 g/mol. The number of carbonyl (C=O) groups is 1. The van der Waals surface area contributed by atoms with E-state index in [0.29, 0.717) is 24.4 Å². The van der Waals surface area contributed by atoms with Crippen molar-refractivity contribution in [2.24, 2.45) is 0 Å². The molecule has 4 aromatic rings. The number of aryl methyl sites for hydroxylation is 1. The molecular formula is C17H16N8OS. The van der Waals surface area contributed by atoms with Crippen molar-refractivity contribution in [2.45, 2.75) is 6.92 Å². The number of hydrogen-bond donors (Lipinski definition) is 0. The molecule has 0 aliphatic carbocycles. The summed E-state index contributed by atoms with van der Waals surface area (Å²) in [4.78, 5) is 32.1. The lowest BCUT2D eigenvalue weighted by Crippen LogP contribution is -2.49. The SMILES string of the molecule is Cc1cc2c(N3CCN(C(=O)c4cn5cnnc5cn4)CC3)ncnc2s1. The first-order valence-corrected chi connectivity index (χ1v) is 9.41. The quantitative estimate of drug-likeness (QED) is 0.519. The van der Waals surface area contributed by atoms with E-state index >= 15 is 0 Å². The second-order valence-electron chi connectivity index (χ2n) is 6.42. The third-order valence-corrected chi connectivity index (χ3v) is 5.66. The van der Waals surface area contributed by atoms with E-state index < -0.39 is 0 Å². The van der Waals surface area contributed by atoms with Crippen LogP contribution in [0.2, 0.25) is 0 Å². The van der Waals surface area contributed by atoms with Gasteiger partial charge in [-0.2, -0.15) is 0 Å².